The normalized spacial score (nSPS) is 17.6. The molecule has 1 unspecified atom stereocenters. The molecule has 5 rings (SSSR count). The van der Waals surface area contributed by atoms with Gasteiger partial charge < -0.3 is 15.4 Å². The number of pyridine rings is 2. The van der Waals surface area contributed by atoms with Crippen molar-refractivity contribution >= 4 is 28.3 Å². The van der Waals surface area contributed by atoms with Crippen molar-refractivity contribution in [3.8, 4) is 11.1 Å². The number of aromatic nitrogens is 4. The van der Waals surface area contributed by atoms with Gasteiger partial charge in [-0.25, -0.2) is 4.98 Å². The van der Waals surface area contributed by atoms with Gasteiger partial charge in [0, 0.05) is 54.1 Å². The Morgan fingerprint density at radius 3 is 2.82 bits per heavy atom. The number of fused-ring (bicyclic) bond motifs is 2. The topological polar surface area (TPSA) is 105 Å². The van der Waals surface area contributed by atoms with Crippen molar-refractivity contribution in [1.82, 2.24) is 20.2 Å². The van der Waals surface area contributed by atoms with E-state index in [1.807, 2.05) is 64.5 Å². The van der Waals surface area contributed by atoms with Gasteiger partial charge in [-0.15, -0.1) is 0 Å². The molecule has 1 aliphatic rings. The number of nitrogens with zero attached hydrogens (tertiary/aromatic N) is 3. The first-order valence-electron chi connectivity index (χ1n) is 11.0. The number of H-pyrrole nitrogens is 1. The molecule has 3 N–H and O–H groups in total. The second-order valence-corrected chi connectivity index (χ2v) is 8.48. The van der Waals surface area contributed by atoms with Crippen LogP contribution in [0.4, 0.5) is 11.5 Å². The minimum Gasteiger partial charge on any atom is -0.373 e. The van der Waals surface area contributed by atoms with Crippen LogP contribution in [0, 0.1) is 6.92 Å². The van der Waals surface area contributed by atoms with Crippen LogP contribution < -0.4 is 10.6 Å². The van der Waals surface area contributed by atoms with Crippen LogP contribution in [0.2, 0.25) is 0 Å². The highest BCUT2D eigenvalue weighted by molar-refractivity contribution is 6.04. The zero-order valence-corrected chi connectivity index (χ0v) is 19.1. The molecule has 0 bridgehead atoms. The van der Waals surface area contributed by atoms with E-state index in [1.165, 1.54) is 0 Å². The minimum atomic E-state index is -0.232. The maximum Gasteiger partial charge on any atom is 0.276 e. The number of hydrogen-bond acceptors (Lipinski definition) is 6. The Morgan fingerprint density at radius 2 is 2.00 bits per heavy atom. The van der Waals surface area contributed by atoms with Gasteiger partial charge in [-0.3, -0.25) is 14.9 Å². The molecule has 0 saturated heterocycles. The van der Waals surface area contributed by atoms with Gasteiger partial charge in [0.05, 0.1) is 23.4 Å². The number of rotatable bonds is 4. The third-order valence-corrected chi connectivity index (χ3v) is 6.08. The molecule has 0 radical (unpaired) electrons. The van der Waals surface area contributed by atoms with Crippen LogP contribution in [0.1, 0.15) is 47.3 Å². The third-order valence-electron chi connectivity index (χ3n) is 6.08. The van der Waals surface area contributed by atoms with Crippen LogP contribution in [0.5, 0.6) is 0 Å². The summed E-state index contributed by atoms with van der Waals surface area (Å²) in [5.41, 5.74) is 6.86. The highest BCUT2D eigenvalue weighted by Crippen LogP contribution is 2.32. The monoisotopic (exact) mass is 442 g/mol. The summed E-state index contributed by atoms with van der Waals surface area (Å²) >= 11 is 0. The van der Waals surface area contributed by atoms with E-state index >= 15 is 0 Å². The number of carbonyl (C=O) groups is 1. The summed E-state index contributed by atoms with van der Waals surface area (Å²) in [7, 11) is 1.83. The van der Waals surface area contributed by atoms with E-state index in [1.54, 1.807) is 0 Å². The Kier molecular flexibility index (Phi) is 5.30. The smallest absolute Gasteiger partial charge is 0.276 e. The van der Waals surface area contributed by atoms with Gasteiger partial charge in [-0.1, -0.05) is 6.07 Å². The second-order valence-electron chi connectivity index (χ2n) is 8.48. The minimum absolute atomic E-state index is 0.0432. The lowest BCUT2D eigenvalue weighted by Gasteiger charge is -2.25. The molecule has 8 heteroatoms. The number of anilines is 2. The molecule has 3 aromatic heterocycles. The van der Waals surface area contributed by atoms with Gasteiger partial charge in [-0.05, 0) is 50.1 Å². The molecule has 1 aliphatic heterocycles. The summed E-state index contributed by atoms with van der Waals surface area (Å²) in [6.45, 7) is 6.01. The van der Waals surface area contributed by atoms with Gasteiger partial charge in [0.15, 0.2) is 5.69 Å². The maximum atomic E-state index is 13.1. The molecule has 0 fully saturated rings. The van der Waals surface area contributed by atoms with Gasteiger partial charge in [0.25, 0.3) is 5.91 Å². The fourth-order valence-electron chi connectivity index (χ4n) is 4.37. The van der Waals surface area contributed by atoms with Crippen LogP contribution in [0.15, 0.2) is 42.7 Å². The summed E-state index contributed by atoms with van der Waals surface area (Å²) in [4.78, 5) is 22.1. The fourth-order valence-corrected chi connectivity index (χ4v) is 4.37. The Hall–Kier alpha value is -3.78. The first-order valence-corrected chi connectivity index (χ1v) is 11.0. The Balaban J connectivity index is 1.44. The standard InChI is InChI=1S/C25H26N6O2/c1-13-5-6-18(29-25(32)24-20-7-14(2)33-15(3)23(20)30-31-24)9-19(13)16-8-17-12-28-22(26-4)10-21(17)27-11-16/h5-6,8-12,14-15H,7H2,1-4H3,(H,26,28)(H,29,32)(H,30,31)/t14?,15-/m1/s1. The predicted molar refractivity (Wildman–Crippen MR) is 128 cm³/mol. The number of amides is 1. The number of nitrogens with one attached hydrogen (secondary N) is 3. The van der Waals surface area contributed by atoms with Crippen molar-refractivity contribution in [3.05, 3.63) is 65.2 Å². The fraction of sp³-hybridized carbons (Fsp3) is 0.280. The number of aryl methyl sites for hydroxylation is 1. The van der Waals surface area contributed by atoms with E-state index in [2.05, 4.69) is 36.9 Å². The molecule has 0 aliphatic carbocycles. The lowest BCUT2D eigenvalue weighted by Crippen LogP contribution is -2.24. The molecule has 1 aromatic carbocycles. The zero-order chi connectivity index (χ0) is 23.1. The van der Waals surface area contributed by atoms with Crippen molar-refractivity contribution in [2.75, 3.05) is 17.7 Å². The van der Waals surface area contributed by atoms with Gasteiger partial charge >= 0.3 is 0 Å². The third kappa shape index (κ3) is 3.93. The van der Waals surface area contributed by atoms with Crippen molar-refractivity contribution < 1.29 is 9.53 Å². The first kappa shape index (κ1) is 21.1. The molecular weight excluding hydrogens is 416 g/mol. The van der Waals surface area contributed by atoms with Crippen molar-refractivity contribution in [2.45, 2.75) is 39.4 Å². The molecule has 4 aromatic rings. The Morgan fingerprint density at radius 1 is 1.15 bits per heavy atom. The first-order chi connectivity index (χ1) is 15.9. The average Bonchev–Trinajstić information content (AvgIpc) is 3.24. The van der Waals surface area contributed by atoms with Crippen molar-refractivity contribution in [2.24, 2.45) is 0 Å². The van der Waals surface area contributed by atoms with Crippen LogP contribution >= 0.6 is 0 Å². The highest BCUT2D eigenvalue weighted by Gasteiger charge is 2.29. The molecule has 1 amide bonds. The summed E-state index contributed by atoms with van der Waals surface area (Å²) < 4.78 is 5.83. The van der Waals surface area contributed by atoms with Gasteiger partial charge in [0.2, 0.25) is 0 Å². The summed E-state index contributed by atoms with van der Waals surface area (Å²) in [6, 6.07) is 9.85. The van der Waals surface area contributed by atoms with Crippen molar-refractivity contribution in [1.29, 1.82) is 0 Å². The molecule has 2 atom stereocenters. The molecule has 168 valence electrons. The van der Waals surface area contributed by atoms with Gasteiger partial charge in [-0.2, -0.15) is 5.10 Å². The number of ether oxygens (including phenoxy) is 1. The van der Waals surface area contributed by atoms with Crippen molar-refractivity contribution in [3.63, 3.8) is 0 Å². The second kappa shape index (κ2) is 8.29. The van der Waals surface area contributed by atoms with E-state index < -0.39 is 0 Å². The van der Waals surface area contributed by atoms with Gasteiger partial charge in [0.1, 0.15) is 5.82 Å². The summed E-state index contributed by atoms with van der Waals surface area (Å²) in [5, 5.41) is 14.3. The van der Waals surface area contributed by atoms with E-state index in [4.69, 9.17) is 4.74 Å². The van der Waals surface area contributed by atoms with Crippen LogP contribution in [-0.2, 0) is 11.2 Å². The maximum absolute atomic E-state index is 13.1. The predicted octanol–water partition coefficient (Wildman–Crippen LogP) is 4.64. The van der Waals surface area contributed by atoms with Crippen LogP contribution in [0.3, 0.4) is 0 Å². The highest BCUT2D eigenvalue weighted by atomic mass is 16.5. The van der Waals surface area contributed by atoms with E-state index in [0.29, 0.717) is 17.8 Å². The Labute approximate surface area is 191 Å². The SMILES string of the molecule is CNc1cc2ncc(-c3cc(NC(=O)c4n[nH]c5c4CC(C)O[C@@H]5C)ccc3C)cc2cn1. The Bertz CT molecular complexity index is 1360. The molecule has 4 heterocycles. The lowest BCUT2D eigenvalue weighted by molar-refractivity contribution is -0.00695. The number of benzene rings is 1. The van der Waals surface area contributed by atoms with E-state index in [0.717, 1.165) is 44.7 Å². The molecule has 8 nitrogen and oxygen atoms in total. The number of aromatic amines is 1. The molecule has 0 spiro atoms. The quantitative estimate of drug-likeness (QED) is 0.425. The van der Waals surface area contributed by atoms with E-state index in [-0.39, 0.29) is 18.1 Å². The number of hydrogen-bond donors (Lipinski definition) is 3. The zero-order valence-electron chi connectivity index (χ0n) is 19.1. The largest absolute Gasteiger partial charge is 0.373 e. The molecule has 0 saturated carbocycles. The summed E-state index contributed by atoms with van der Waals surface area (Å²) in [6.07, 6.45) is 4.25. The summed E-state index contributed by atoms with van der Waals surface area (Å²) in [5.74, 6) is 0.545. The molecule has 33 heavy (non-hydrogen) atoms. The van der Waals surface area contributed by atoms with Crippen LogP contribution in [-0.4, -0.2) is 39.2 Å². The number of carbonyl (C=O) groups excluding carboxylic acids is 1. The van der Waals surface area contributed by atoms with Crippen LogP contribution in [0.25, 0.3) is 22.0 Å². The average molecular weight is 443 g/mol. The lowest BCUT2D eigenvalue weighted by atomic mass is 9.99. The molecular formula is C25H26N6O2. The van der Waals surface area contributed by atoms with E-state index in [9.17, 15) is 4.79 Å².